The van der Waals surface area contributed by atoms with Crippen LogP contribution in [-0.4, -0.2) is 35.5 Å². The van der Waals surface area contributed by atoms with Crippen LogP contribution in [0.15, 0.2) is 0 Å². The Bertz CT molecular complexity index is 325. The average Bonchev–Trinajstić information content (AvgIpc) is 2.49. The largest absolute Gasteiger partial charge is 0.390 e. The fourth-order valence-corrected chi connectivity index (χ4v) is 4.87. The molecule has 0 aromatic carbocycles. The van der Waals surface area contributed by atoms with Gasteiger partial charge >= 0.3 is 0 Å². The van der Waals surface area contributed by atoms with Crippen molar-refractivity contribution in [2.45, 2.75) is 94.8 Å². The second-order valence-corrected chi connectivity index (χ2v) is 7.99. The van der Waals surface area contributed by atoms with Crippen LogP contribution in [0.2, 0.25) is 0 Å². The van der Waals surface area contributed by atoms with E-state index in [1.807, 2.05) is 0 Å². The summed E-state index contributed by atoms with van der Waals surface area (Å²) in [7, 11) is 0. The van der Waals surface area contributed by atoms with Crippen LogP contribution in [0, 0.1) is 5.92 Å². The molecule has 3 atom stereocenters. The molecule has 3 rings (SSSR count). The predicted molar refractivity (Wildman–Crippen MR) is 85.4 cm³/mol. The maximum atomic E-state index is 11.1. The fourth-order valence-electron chi connectivity index (χ4n) is 4.87. The summed E-state index contributed by atoms with van der Waals surface area (Å²) in [5, 5.41) is 14.7. The van der Waals surface area contributed by atoms with Crippen LogP contribution >= 0.6 is 0 Å². The topological polar surface area (TPSA) is 41.5 Å². The predicted octanol–water partition coefficient (Wildman–Crippen LogP) is 3.40. The summed E-state index contributed by atoms with van der Waals surface area (Å²) in [6, 6.07) is 0.513. The van der Waals surface area contributed by atoms with Crippen molar-refractivity contribution in [3.05, 3.63) is 0 Å². The third kappa shape index (κ3) is 3.80. The molecule has 3 unspecified atom stereocenters. The van der Waals surface area contributed by atoms with Gasteiger partial charge in [-0.3, -0.25) is 0 Å². The van der Waals surface area contributed by atoms with Crippen LogP contribution in [-0.2, 0) is 4.74 Å². The number of rotatable bonds is 3. The summed E-state index contributed by atoms with van der Waals surface area (Å²) < 4.78 is 6.20. The van der Waals surface area contributed by atoms with Gasteiger partial charge in [0.1, 0.15) is 0 Å². The Morgan fingerprint density at radius 1 is 1.14 bits per heavy atom. The Hall–Kier alpha value is -0.120. The molecule has 2 N–H and O–H groups in total. The first-order chi connectivity index (χ1) is 10.1. The Morgan fingerprint density at radius 3 is 2.67 bits per heavy atom. The molecule has 1 aliphatic carbocycles. The molecule has 0 bridgehead atoms. The lowest BCUT2D eigenvalue weighted by Gasteiger charge is -2.48. The summed E-state index contributed by atoms with van der Waals surface area (Å²) in [5.74, 6) is 0.410. The molecule has 3 heteroatoms. The zero-order valence-corrected chi connectivity index (χ0v) is 13.7. The van der Waals surface area contributed by atoms with E-state index in [1.54, 1.807) is 0 Å². The van der Waals surface area contributed by atoms with Gasteiger partial charge in [-0.2, -0.15) is 0 Å². The van der Waals surface area contributed by atoms with Crippen molar-refractivity contribution in [2.24, 2.45) is 5.92 Å². The highest BCUT2D eigenvalue weighted by Crippen LogP contribution is 2.44. The van der Waals surface area contributed by atoms with Gasteiger partial charge in [-0.05, 0) is 64.3 Å². The molecule has 3 nitrogen and oxygen atoms in total. The maximum absolute atomic E-state index is 11.1. The lowest BCUT2D eigenvalue weighted by molar-refractivity contribution is -0.155. The molecule has 0 aromatic heterocycles. The van der Waals surface area contributed by atoms with Crippen molar-refractivity contribution < 1.29 is 9.84 Å². The molecule has 3 aliphatic rings. The van der Waals surface area contributed by atoms with E-state index in [1.165, 1.54) is 51.4 Å². The zero-order chi connectivity index (χ0) is 14.8. The van der Waals surface area contributed by atoms with Gasteiger partial charge in [0.25, 0.3) is 0 Å². The van der Waals surface area contributed by atoms with Crippen LogP contribution < -0.4 is 5.32 Å². The van der Waals surface area contributed by atoms with E-state index < -0.39 is 5.60 Å². The van der Waals surface area contributed by atoms with E-state index in [-0.39, 0.29) is 5.60 Å². The second-order valence-electron chi connectivity index (χ2n) is 7.99. The molecule has 2 heterocycles. The van der Waals surface area contributed by atoms with Crippen LogP contribution in [0.3, 0.4) is 0 Å². The minimum absolute atomic E-state index is 0.102. The summed E-state index contributed by atoms with van der Waals surface area (Å²) in [6.07, 6.45) is 13.2. The van der Waals surface area contributed by atoms with Gasteiger partial charge in [-0.1, -0.05) is 25.7 Å². The Morgan fingerprint density at radius 2 is 1.95 bits per heavy atom. The first-order valence-corrected chi connectivity index (χ1v) is 9.19. The minimum atomic E-state index is -0.538. The van der Waals surface area contributed by atoms with Gasteiger partial charge in [0, 0.05) is 12.6 Å². The van der Waals surface area contributed by atoms with Gasteiger partial charge < -0.3 is 15.2 Å². The number of ether oxygens (including phenoxy) is 1. The number of nitrogens with one attached hydrogen (secondary N) is 1. The number of hydrogen-bond donors (Lipinski definition) is 2. The van der Waals surface area contributed by atoms with Crippen LogP contribution in [0.5, 0.6) is 0 Å². The molecule has 0 aromatic rings. The fraction of sp³-hybridized carbons (Fsp3) is 1.00. The van der Waals surface area contributed by atoms with Crippen molar-refractivity contribution >= 4 is 0 Å². The Balaban J connectivity index is 1.60. The van der Waals surface area contributed by atoms with Gasteiger partial charge in [0.2, 0.25) is 0 Å². The quantitative estimate of drug-likeness (QED) is 0.838. The van der Waals surface area contributed by atoms with Crippen molar-refractivity contribution in [1.82, 2.24) is 5.32 Å². The molecule has 0 amide bonds. The van der Waals surface area contributed by atoms with Gasteiger partial charge in [0.05, 0.1) is 11.2 Å². The van der Waals surface area contributed by atoms with Crippen molar-refractivity contribution in [3.63, 3.8) is 0 Å². The smallest absolute Gasteiger partial charge is 0.0686 e. The number of aliphatic hydroxyl groups is 1. The third-order valence-electron chi connectivity index (χ3n) is 6.21. The molecule has 122 valence electrons. The molecule has 1 spiro atoms. The highest BCUT2D eigenvalue weighted by Gasteiger charge is 2.44. The summed E-state index contributed by atoms with van der Waals surface area (Å²) in [4.78, 5) is 0. The van der Waals surface area contributed by atoms with Gasteiger partial charge in [-0.25, -0.2) is 0 Å². The molecular weight excluding hydrogens is 262 g/mol. The van der Waals surface area contributed by atoms with Gasteiger partial charge in [0.15, 0.2) is 0 Å². The van der Waals surface area contributed by atoms with Crippen LogP contribution in [0.4, 0.5) is 0 Å². The number of piperidine rings is 1. The minimum Gasteiger partial charge on any atom is -0.390 e. The first kappa shape index (κ1) is 15.8. The standard InChI is InChI=1S/C18H33NO2/c1-17(20,14-16-7-3-6-11-19-16)15-8-12-21-18(13-15)9-4-2-5-10-18/h15-16,19-20H,2-14H2,1H3. The molecule has 2 aliphatic heterocycles. The molecule has 1 saturated carbocycles. The Labute approximate surface area is 129 Å². The van der Waals surface area contributed by atoms with Crippen molar-refractivity contribution in [2.75, 3.05) is 13.2 Å². The molecule has 2 saturated heterocycles. The molecular formula is C18H33NO2. The summed E-state index contributed by atoms with van der Waals surface area (Å²) >= 11 is 0. The van der Waals surface area contributed by atoms with Gasteiger partial charge in [-0.15, -0.1) is 0 Å². The third-order valence-corrected chi connectivity index (χ3v) is 6.21. The zero-order valence-electron chi connectivity index (χ0n) is 13.7. The van der Waals surface area contributed by atoms with E-state index in [0.29, 0.717) is 12.0 Å². The van der Waals surface area contributed by atoms with E-state index in [0.717, 1.165) is 32.4 Å². The van der Waals surface area contributed by atoms with Crippen LogP contribution in [0.25, 0.3) is 0 Å². The lowest BCUT2D eigenvalue weighted by atomic mass is 9.69. The maximum Gasteiger partial charge on any atom is 0.0686 e. The van der Waals surface area contributed by atoms with E-state index in [9.17, 15) is 5.11 Å². The molecule has 21 heavy (non-hydrogen) atoms. The highest BCUT2D eigenvalue weighted by atomic mass is 16.5. The monoisotopic (exact) mass is 295 g/mol. The lowest BCUT2D eigenvalue weighted by Crippen LogP contribution is -2.51. The van der Waals surface area contributed by atoms with E-state index in [2.05, 4.69) is 12.2 Å². The Kier molecular flexibility index (Phi) is 4.92. The van der Waals surface area contributed by atoms with E-state index >= 15 is 0 Å². The summed E-state index contributed by atoms with van der Waals surface area (Å²) in [6.45, 7) is 4.05. The second kappa shape index (κ2) is 6.55. The molecule has 3 fully saturated rings. The summed E-state index contributed by atoms with van der Waals surface area (Å²) in [5.41, 5.74) is -0.436. The van der Waals surface area contributed by atoms with Crippen molar-refractivity contribution in [1.29, 1.82) is 0 Å². The highest BCUT2D eigenvalue weighted by molar-refractivity contribution is 4.96. The van der Waals surface area contributed by atoms with Crippen LogP contribution in [0.1, 0.15) is 77.6 Å². The first-order valence-electron chi connectivity index (χ1n) is 9.19. The van der Waals surface area contributed by atoms with Crippen molar-refractivity contribution in [3.8, 4) is 0 Å². The van der Waals surface area contributed by atoms with E-state index in [4.69, 9.17) is 4.74 Å². The normalized spacial score (nSPS) is 36.3. The average molecular weight is 295 g/mol. The SMILES string of the molecule is CC(O)(CC1CCCCN1)C1CCOC2(CCCCC2)C1. The molecule has 0 radical (unpaired) electrons. The number of hydrogen-bond acceptors (Lipinski definition) is 3.